The molecule has 1 amide bonds. The molecule has 1 atom stereocenters. The van der Waals surface area contributed by atoms with Crippen LogP contribution in [0.3, 0.4) is 0 Å². The quantitative estimate of drug-likeness (QED) is 0.702. The maximum Gasteiger partial charge on any atom is 0.246 e. The Morgan fingerprint density at radius 3 is 2.00 bits per heavy atom. The fourth-order valence-electron chi connectivity index (χ4n) is 2.09. The smallest absolute Gasteiger partial charge is 0.246 e. The number of carbonyl (C=O) groups is 1. The molecule has 0 saturated heterocycles. The van der Waals surface area contributed by atoms with E-state index in [0.717, 1.165) is 6.26 Å². The van der Waals surface area contributed by atoms with Gasteiger partial charge in [0, 0.05) is 17.1 Å². The van der Waals surface area contributed by atoms with Gasteiger partial charge in [0.1, 0.15) is 11.8 Å². The molecule has 0 unspecified atom stereocenters. The second-order valence-corrected chi connectivity index (χ2v) is 7.28. The maximum atomic E-state index is 12.2. The van der Waals surface area contributed by atoms with E-state index in [9.17, 15) is 13.2 Å². The lowest BCUT2D eigenvalue weighted by Crippen LogP contribution is -2.31. The van der Waals surface area contributed by atoms with Gasteiger partial charge in [0.2, 0.25) is 15.9 Å². The Morgan fingerprint density at radius 2 is 1.48 bits per heavy atom. The molecule has 0 aromatic heterocycles. The second-order valence-electron chi connectivity index (χ2n) is 5.54. The molecule has 0 spiro atoms. The zero-order chi connectivity index (χ0) is 18.4. The van der Waals surface area contributed by atoms with Crippen molar-refractivity contribution in [1.82, 2.24) is 0 Å². The number of nitrogens with one attached hydrogen (secondary N) is 3. The number of methoxy groups -OCH3 is 1. The Balaban J connectivity index is 1.93. The third-order valence-electron chi connectivity index (χ3n) is 3.32. The topological polar surface area (TPSA) is 96.5 Å². The predicted molar refractivity (Wildman–Crippen MR) is 99.6 cm³/mol. The summed E-state index contributed by atoms with van der Waals surface area (Å²) < 4.78 is 29.8. The summed E-state index contributed by atoms with van der Waals surface area (Å²) in [5, 5.41) is 5.87. The molecule has 8 heteroatoms. The summed E-state index contributed by atoms with van der Waals surface area (Å²) in [5.41, 5.74) is 1.84. The minimum atomic E-state index is -3.31. The molecule has 0 heterocycles. The van der Waals surface area contributed by atoms with Crippen LogP contribution in [-0.4, -0.2) is 33.7 Å². The van der Waals surface area contributed by atoms with E-state index < -0.39 is 16.1 Å². The van der Waals surface area contributed by atoms with Crippen LogP contribution < -0.4 is 20.1 Å². The van der Waals surface area contributed by atoms with Crippen LogP contribution in [0.1, 0.15) is 6.92 Å². The van der Waals surface area contributed by atoms with Crippen molar-refractivity contribution in [1.29, 1.82) is 0 Å². The van der Waals surface area contributed by atoms with Gasteiger partial charge < -0.3 is 15.4 Å². The molecular formula is C17H21N3O4S. The molecule has 0 aliphatic rings. The number of amides is 1. The van der Waals surface area contributed by atoms with Crippen molar-refractivity contribution in [3.05, 3.63) is 48.5 Å². The SMILES string of the molecule is COc1ccc(NC(=O)[C@H](C)Nc2ccc(NS(C)(=O)=O)cc2)cc1. The molecule has 2 rings (SSSR count). The normalized spacial score (nSPS) is 12.1. The highest BCUT2D eigenvalue weighted by atomic mass is 32.2. The molecule has 0 fully saturated rings. The molecular weight excluding hydrogens is 342 g/mol. The Kier molecular flexibility index (Phi) is 5.87. The standard InChI is InChI=1S/C17H21N3O4S/c1-12(17(21)19-14-8-10-16(24-2)11-9-14)18-13-4-6-15(7-5-13)20-25(3,22)23/h4-12,18,20H,1-3H3,(H,19,21)/t12-/m0/s1. The zero-order valence-electron chi connectivity index (χ0n) is 14.2. The number of anilines is 3. The Labute approximate surface area is 147 Å². The van der Waals surface area contributed by atoms with Crippen molar-refractivity contribution in [2.24, 2.45) is 0 Å². The minimum Gasteiger partial charge on any atom is -0.497 e. The van der Waals surface area contributed by atoms with E-state index in [1.807, 2.05) is 0 Å². The number of carbonyl (C=O) groups excluding carboxylic acids is 1. The van der Waals surface area contributed by atoms with E-state index in [2.05, 4.69) is 15.4 Å². The summed E-state index contributed by atoms with van der Waals surface area (Å²) in [6.07, 6.45) is 1.09. The first kappa shape index (κ1) is 18.6. The fraction of sp³-hybridized carbons (Fsp3) is 0.235. The van der Waals surface area contributed by atoms with E-state index in [1.165, 1.54) is 0 Å². The van der Waals surface area contributed by atoms with E-state index in [0.29, 0.717) is 22.8 Å². The number of rotatable bonds is 7. The number of benzene rings is 2. The van der Waals surface area contributed by atoms with E-state index in [1.54, 1.807) is 62.6 Å². The molecule has 134 valence electrons. The summed E-state index contributed by atoms with van der Waals surface area (Å²) >= 11 is 0. The molecule has 0 radical (unpaired) electrons. The van der Waals surface area contributed by atoms with Crippen molar-refractivity contribution in [2.75, 3.05) is 28.7 Å². The van der Waals surface area contributed by atoms with Crippen LogP contribution >= 0.6 is 0 Å². The van der Waals surface area contributed by atoms with Gasteiger partial charge in [0.25, 0.3) is 0 Å². The van der Waals surface area contributed by atoms with E-state index in [4.69, 9.17) is 4.74 Å². The molecule has 2 aromatic carbocycles. The van der Waals surface area contributed by atoms with E-state index in [-0.39, 0.29) is 5.91 Å². The molecule has 0 saturated carbocycles. The number of ether oxygens (including phenoxy) is 1. The van der Waals surface area contributed by atoms with Crippen molar-refractivity contribution >= 4 is 33.0 Å². The summed E-state index contributed by atoms with van der Waals surface area (Å²) in [7, 11) is -1.73. The van der Waals surface area contributed by atoms with Crippen LogP contribution in [0.4, 0.5) is 17.1 Å². The van der Waals surface area contributed by atoms with Gasteiger partial charge in [0.05, 0.1) is 13.4 Å². The van der Waals surface area contributed by atoms with Crippen LogP contribution in [-0.2, 0) is 14.8 Å². The lowest BCUT2D eigenvalue weighted by Gasteiger charge is -2.16. The molecule has 7 nitrogen and oxygen atoms in total. The van der Waals surface area contributed by atoms with Crippen LogP contribution in [0.25, 0.3) is 0 Å². The highest BCUT2D eigenvalue weighted by molar-refractivity contribution is 7.92. The maximum absolute atomic E-state index is 12.2. The lowest BCUT2D eigenvalue weighted by atomic mass is 10.2. The van der Waals surface area contributed by atoms with Gasteiger partial charge in [0.15, 0.2) is 0 Å². The zero-order valence-corrected chi connectivity index (χ0v) is 15.1. The fourth-order valence-corrected chi connectivity index (χ4v) is 2.65. The van der Waals surface area contributed by atoms with Crippen molar-refractivity contribution in [3.63, 3.8) is 0 Å². The van der Waals surface area contributed by atoms with Gasteiger partial charge in [-0.15, -0.1) is 0 Å². The largest absolute Gasteiger partial charge is 0.497 e. The molecule has 0 bridgehead atoms. The van der Waals surface area contributed by atoms with Crippen molar-refractivity contribution in [2.45, 2.75) is 13.0 Å². The number of hydrogen-bond donors (Lipinski definition) is 3. The summed E-state index contributed by atoms with van der Waals surface area (Å²) in [5.74, 6) is 0.524. The van der Waals surface area contributed by atoms with Crippen LogP contribution in [0.15, 0.2) is 48.5 Å². The van der Waals surface area contributed by atoms with Crippen LogP contribution in [0.2, 0.25) is 0 Å². The number of hydrogen-bond acceptors (Lipinski definition) is 5. The number of sulfonamides is 1. The highest BCUT2D eigenvalue weighted by Crippen LogP contribution is 2.17. The molecule has 0 aliphatic heterocycles. The first-order chi connectivity index (χ1) is 11.8. The highest BCUT2D eigenvalue weighted by Gasteiger charge is 2.13. The Bertz CT molecular complexity index is 818. The summed E-state index contributed by atoms with van der Waals surface area (Å²) in [6.45, 7) is 1.74. The Hall–Kier alpha value is -2.74. The van der Waals surface area contributed by atoms with Gasteiger partial charge in [-0.3, -0.25) is 9.52 Å². The average Bonchev–Trinajstić information content (AvgIpc) is 2.56. The van der Waals surface area contributed by atoms with Gasteiger partial charge in [-0.25, -0.2) is 8.42 Å². The molecule has 3 N–H and O–H groups in total. The molecule has 2 aromatic rings. The molecule has 0 aliphatic carbocycles. The van der Waals surface area contributed by atoms with Crippen LogP contribution in [0, 0.1) is 0 Å². The third kappa shape index (κ3) is 6.00. The van der Waals surface area contributed by atoms with Crippen molar-refractivity contribution in [3.8, 4) is 5.75 Å². The van der Waals surface area contributed by atoms with E-state index >= 15 is 0 Å². The minimum absolute atomic E-state index is 0.191. The third-order valence-corrected chi connectivity index (χ3v) is 3.93. The van der Waals surface area contributed by atoms with Gasteiger partial charge in [-0.05, 0) is 55.5 Å². The average molecular weight is 363 g/mol. The van der Waals surface area contributed by atoms with Crippen molar-refractivity contribution < 1.29 is 17.9 Å². The monoisotopic (exact) mass is 363 g/mol. The predicted octanol–water partition coefficient (Wildman–Crippen LogP) is 2.51. The Morgan fingerprint density at radius 1 is 0.960 bits per heavy atom. The molecule has 25 heavy (non-hydrogen) atoms. The van der Waals surface area contributed by atoms with Gasteiger partial charge in [-0.2, -0.15) is 0 Å². The van der Waals surface area contributed by atoms with Crippen LogP contribution in [0.5, 0.6) is 5.75 Å². The summed E-state index contributed by atoms with van der Waals surface area (Å²) in [6, 6.07) is 13.2. The van der Waals surface area contributed by atoms with Gasteiger partial charge >= 0.3 is 0 Å². The second kappa shape index (κ2) is 7.89. The summed E-state index contributed by atoms with van der Waals surface area (Å²) in [4.78, 5) is 12.2. The first-order valence-electron chi connectivity index (χ1n) is 7.56. The first-order valence-corrected chi connectivity index (χ1v) is 9.45. The lowest BCUT2D eigenvalue weighted by molar-refractivity contribution is -0.116. The van der Waals surface area contributed by atoms with Gasteiger partial charge in [-0.1, -0.05) is 0 Å².